The van der Waals surface area contributed by atoms with Crippen molar-refractivity contribution in [3.63, 3.8) is 0 Å². The van der Waals surface area contributed by atoms with Gasteiger partial charge in [0.2, 0.25) is 0 Å². The van der Waals surface area contributed by atoms with Gasteiger partial charge in [-0.2, -0.15) is 0 Å². The van der Waals surface area contributed by atoms with Gasteiger partial charge < -0.3 is 5.32 Å². The molecule has 0 radical (unpaired) electrons. The molecule has 0 saturated heterocycles. The van der Waals surface area contributed by atoms with Gasteiger partial charge in [-0.15, -0.1) is 11.3 Å². The van der Waals surface area contributed by atoms with E-state index < -0.39 is 10.0 Å². The predicted molar refractivity (Wildman–Crippen MR) is 103 cm³/mol. The van der Waals surface area contributed by atoms with Crippen LogP contribution >= 0.6 is 11.3 Å². The Morgan fingerprint density at radius 3 is 2.50 bits per heavy atom. The molecule has 138 valence electrons. The van der Waals surface area contributed by atoms with Gasteiger partial charge in [0.25, 0.3) is 15.9 Å². The van der Waals surface area contributed by atoms with Gasteiger partial charge in [-0.3, -0.25) is 9.10 Å². The van der Waals surface area contributed by atoms with Crippen molar-refractivity contribution in [1.29, 1.82) is 0 Å². The highest BCUT2D eigenvalue weighted by molar-refractivity contribution is 7.94. The van der Waals surface area contributed by atoms with E-state index in [-0.39, 0.29) is 5.91 Å². The molecule has 3 atom stereocenters. The normalized spacial score (nSPS) is 24.6. The Kier molecular flexibility index (Phi) is 4.52. The minimum absolute atomic E-state index is 0.0714. The van der Waals surface area contributed by atoms with E-state index in [4.69, 9.17) is 0 Å². The molecule has 0 spiro atoms. The number of anilines is 1. The third-order valence-electron chi connectivity index (χ3n) is 5.66. The molecule has 2 saturated carbocycles. The Bertz CT molecular complexity index is 891. The first-order chi connectivity index (χ1) is 12.4. The van der Waals surface area contributed by atoms with Crippen molar-refractivity contribution in [3.8, 4) is 0 Å². The van der Waals surface area contributed by atoms with Crippen LogP contribution in [-0.2, 0) is 10.0 Å². The molecule has 1 aromatic heterocycles. The fourth-order valence-corrected chi connectivity index (χ4v) is 6.54. The van der Waals surface area contributed by atoms with E-state index in [0.717, 1.165) is 12.3 Å². The Morgan fingerprint density at radius 1 is 1.15 bits per heavy atom. The van der Waals surface area contributed by atoms with Gasteiger partial charge in [0, 0.05) is 18.7 Å². The van der Waals surface area contributed by atoms with E-state index in [1.165, 1.54) is 42.0 Å². The number of hydrogen-bond donors (Lipinski definition) is 1. The van der Waals surface area contributed by atoms with Crippen LogP contribution in [0.25, 0.3) is 0 Å². The molecule has 0 unspecified atom stereocenters. The van der Waals surface area contributed by atoms with Gasteiger partial charge in [0.15, 0.2) is 0 Å². The van der Waals surface area contributed by atoms with Crippen LogP contribution < -0.4 is 9.62 Å². The summed E-state index contributed by atoms with van der Waals surface area (Å²) in [7, 11) is -2.03. The summed E-state index contributed by atoms with van der Waals surface area (Å²) in [5.74, 6) is 1.34. The van der Waals surface area contributed by atoms with Gasteiger partial charge in [-0.05, 0) is 66.8 Å². The second-order valence-electron chi connectivity index (χ2n) is 7.21. The van der Waals surface area contributed by atoms with E-state index >= 15 is 0 Å². The zero-order chi connectivity index (χ0) is 18.3. The first-order valence-electron chi connectivity index (χ1n) is 8.88. The lowest BCUT2D eigenvalue weighted by molar-refractivity contribution is 0.0923. The molecule has 1 amide bonds. The zero-order valence-corrected chi connectivity index (χ0v) is 16.2. The number of sulfonamides is 1. The van der Waals surface area contributed by atoms with Gasteiger partial charge >= 0.3 is 0 Å². The molecular formula is C19H22N2O3S2. The molecule has 1 aromatic carbocycles. The summed E-state index contributed by atoms with van der Waals surface area (Å²) in [6.45, 7) is 0. The molecular weight excluding hydrogens is 368 g/mol. The molecule has 4 rings (SSSR count). The Balaban J connectivity index is 1.45. The fraction of sp³-hybridized carbons (Fsp3) is 0.421. The molecule has 1 N–H and O–H groups in total. The van der Waals surface area contributed by atoms with Crippen LogP contribution in [0.2, 0.25) is 0 Å². The van der Waals surface area contributed by atoms with Gasteiger partial charge in [0.1, 0.15) is 4.21 Å². The number of fused-ring (bicyclic) bond motifs is 2. The van der Waals surface area contributed by atoms with Crippen LogP contribution in [-0.4, -0.2) is 27.4 Å². The number of amides is 1. The van der Waals surface area contributed by atoms with E-state index in [1.807, 2.05) is 0 Å². The molecule has 2 aliphatic carbocycles. The standard InChI is InChI=1S/C19H22N2O3S2/c1-21(26(23,24)18-3-2-10-25-18)16-8-6-14(7-9-16)19(22)20-17-12-13-4-5-15(17)11-13/h2-3,6-10,13,15,17H,4-5,11-12H2,1H3,(H,20,22)/t13-,15-,17-/m1/s1. The van der Waals surface area contributed by atoms with Crippen molar-refractivity contribution < 1.29 is 13.2 Å². The van der Waals surface area contributed by atoms with Crippen molar-refractivity contribution in [1.82, 2.24) is 5.32 Å². The molecule has 7 heteroatoms. The second kappa shape index (κ2) is 6.70. The third kappa shape index (κ3) is 3.14. The molecule has 26 heavy (non-hydrogen) atoms. The molecule has 2 fully saturated rings. The minimum Gasteiger partial charge on any atom is -0.349 e. The Hall–Kier alpha value is -1.86. The number of rotatable bonds is 5. The summed E-state index contributed by atoms with van der Waals surface area (Å²) in [6.07, 6.45) is 4.86. The van der Waals surface area contributed by atoms with Crippen LogP contribution in [0.5, 0.6) is 0 Å². The zero-order valence-electron chi connectivity index (χ0n) is 14.6. The lowest BCUT2D eigenvalue weighted by Crippen LogP contribution is -2.38. The van der Waals surface area contributed by atoms with Crippen LogP contribution in [0, 0.1) is 11.8 Å². The van der Waals surface area contributed by atoms with E-state index in [1.54, 1.807) is 41.8 Å². The minimum atomic E-state index is -3.55. The molecule has 1 heterocycles. The summed E-state index contributed by atoms with van der Waals surface area (Å²) in [4.78, 5) is 12.5. The van der Waals surface area contributed by atoms with Crippen molar-refractivity contribution in [2.75, 3.05) is 11.4 Å². The molecule has 2 aliphatic rings. The van der Waals surface area contributed by atoms with Gasteiger partial charge in [-0.25, -0.2) is 8.42 Å². The summed E-state index contributed by atoms with van der Waals surface area (Å²) in [5.41, 5.74) is 1.10. The number of benzene rings is 1. The maximum absolute atomic E-state index is 12.6. The first kappa shape index (κ1) is 17.5. The van der Waals surface area contributed by atoms with Crippen LogP contribution in [0.3, 0.4) is 0 Å². The maximum Gasteiger partial charge on any atom is 0.273 e. The number of carbonyl (C=O) groups excluding carboxylic acids is 1. The number of thiophene rings is 1. The number of carbonyl (C=O) groups is 1. The molecule has 0 aliphatic heterocycles. The van der Waals surface area contributed by atoms with Crippen LogP contribution in [0.15, 0.2) is 46.0 Å². The SMILES string of the molecule is CN(c1ccc(C(=O)N[C@@H]2C[C@@H]3CC[C@@H]2C3)cc1)S(=O)(=O)c1cccs1. The predicted octanol–water partition coefficient (Wildman–Crippen LogP) is 3.49. The lowest BCUT2D eigenvalue weighted by Gasteiger charge is -2.23. The largest absolute Gasteiger partial charge is 0.349 e. The number of nitrogens with one attached hydrogen (secondary N) is 1. The van der Waals surface area contributed by atoms with Gasteiger partial charge in [-0.1, -0.05) is 12.5 Å². The van der Waals surface area contributed by atoms with Crippen LogP contribution in [0.4, 0.5) is 5.69 Å². The van der Waals surface area contributed by atoms with Gasteiger partial charge in [0.05, 0.1) is 5.69 Å². The monoisotopic (exact) mass is 390 g/mol. The summed E-state index contributed by atoms with van der Waals surface area (Å²) < 4.78 is 26.7. The lowest BCUT2D eigenvalue weighted by atomic mass is 9.95. The molecule has 2 bridgehead atoms. The highest BCUT2D eigenvalue weighted by atomic mass is 32.2. The highest BCUT2D eigenvalue weighted by Gasteiger charge is 2.40. The van der Waals surface area contributed by atoms with E-state index in [0.29, 0.717) is 27.4 Å². The van der Waals surface area contributed by atoms with E-state index in [9.17, 15) is 13.2 Å². The van der Waals surface area contributed by atoms with Crippen molar-refractivity contribution in [2.45, 2.75) is 35.9 Å². The van der Waals surface area contributed by atoms with Crippen molar-refractivity contribution >= 4 is 33.0 Å². The Morgan fingerprint density at radius 2 is 1.92 bits per heavy atom. The quantitative estimate of drug-likeness (QED) is 0.850. The summed E-state index contributed by atoms with van der Waals surface area (Å²) >= 11 is 1.19. The average Bonchev–Trinajstić information content (AvgIpc) is 3.39. The average molecular weight is 391 g/mol. The van der Waals surface area contributed by atoms with Crippen molar-refractivity contribution in [3.05, 3.63) is 47.3 Å². The maximum atomic E-state index is 12.6. The van der Waals surface area contributed by atoms with E-state index in [2.05, 4.69) is 5.32 Å². The topological polar surface area (TPSA) is 66.5 Å². The molecule has 2 aromatic rings. The fourth-order valence-electron chi connectivity index (χ4n) is 4.18. The molecule has 5 nitrogen and oxygen atoms in total. The van der Waals surface area contributed by atoms with Crippen LogP contribution in [0.1, 0.15) is 36.0 Å². The highest BCUT2D eigenvalue weighted by Crippen LogP contribution is 2.44. The van der Waals surface area contributed by atoms with Crippen molar-refractivity contribution in [2.24, 2.45) is 11.8 Å². The second-order valence-corrected chi connectivity index (χ2v) is 10.4. The smallest absolute Gasteiger partial charge is 0.273 e. The summed E-state index contributed by atoms with van der Waals surface area (Å²) in [5, 5.41) is 4.90. The Labute approximate surface area is 158 Å². The third-order valence-corrected chi connectivity index (χ3v) is 8.82. The number of nitrogens with zero attached hydrogens (tertiary/aromatic N) is 1. The first-order valence-corrected chi connectivity index (χ1v) is 11.2. The number of hydrogen-bond acceptors (Lipinski definition) is 4. The summed E-state index contributed by atoms with van der Waals surface area (Å²) in [6, 6.07) is 10.4.